The Kier molecular flexibility index (Phi) is 6.54. The molecule has 1 rings (SSSR count). The van der Waals surface area contributed by atoms with Gasteiger partial charge in [0.25, 0.3) is 0 Å². The first-order valence-corrected chi connectivity index (χ1v) is 8.04. The minimum atomic E-state index is -3.86. The molecule has 0 amide bonds. The van der Waals surface area contributed by atoms with Crippen LogP contribution in [0.1, 0.15) is 19.4 Å². The summed E-state index contributed by atoms with van der Waals surface area (Å²) < 4.78 is 40.0. The van der Waals surface area contributed by atoms with Crippen molar-refractivity contribution in [3.05, 3.63) is 29.6 Å². The molecule has 0 unspecified atom stereocenters. The average molecular weight is 304 g/mol. The van der Waals surface area contributed by atoms with Crippen molar-refractivity contribution in [2.75, 3.05) is 26.2 Å². The molecule has 0 spiro atoms. The van der Waals surface area contributed by atoms with Crippen molar-refractivity contribution in [3.8, 4) is 0 Å². The largest absolute Gasteiger partial charge is 0.392 e. The standard InChI is InChI=1S/C13H21FN2O3S/c1-3-16(4-2)8-7-15-20(18,19)13-6-5-11(10-17)9-12(13)14/h5-6,9,15,17H,3-4,7-8,10H2,1-2H3. The van der Waals surface area contributed by atoms with Gasteiger partial charge in [0.15, 0.2) is 0 Å². The zero-order chi connectivity index (χ0) is 15.2. The Morgan fingerprint density at radius 1 is 1.30 bits per heavy atom. The summed E-state index contributed by atoms with van der Waals surface area (Å²) in [6.07, 6.45) is 0. The normalized spacial score (nSPS) is 12.1. The second-order valence-corrected chi connectivity index (χ2v) is 6.08. The summed E-state index contributed by atoms with van der Waals surface area (Å²) in [5.41, 5.74) is 0.338. The summed E-state index contributed by atoms with van der Waals surface area (Å²) in [5.74, 6) is -0.855. The molecule has 7 heteroatoms. The molecule has 0 bridgehead atoms. The maximum atomic E-state index is 13.7. The van der Waals surface area contributed by atoms with Crippen LogP contribution in [0.15, 0.2) is 23.1 Å². The number of nitrogens with one attached hydrogen (secondary N) is 1. The number of sulfonamides is 1. The van der Waals surface area contributed by atoms with Gasteiger partial charge in [0, 0.05) is 13.1 Å². The van der Waals surface area contributed by atoms with Crippen LogP contribution < -0.4 is 4.72 Å². The van der Waals surface area contributed by atoms with Crippen molar-refractivity contribution < 1.29 is 17.9 Å². The summed E-state index contributed by atoms with van der Waals surface area (Å²) in [4.78, 5) is 1.67. The number of likely N-dealkylation sites (N-methyl/N-ethyl adjacent to an activating group) is 1. The minimum absolute atomic E-state index is 0.227. The predicted octanol–water partition coefficient (Wildman–Crippen LogP) is 0.938. The van der Waals surface area contributed by atoms with E-state index in [-0.39, 0.29) is 13.2 Å². The van der Waals surface area contributed by atoms with Crippen LogP contribution in [0.2, 0.25) is 0 Å². The second-order valence-electron chi connectivity index (χ2n) is 4.35. The van der Waals surface area contributed by atoms with E-state index < -0.39 is 20.7 Å². The maximum absolute atomic E-state index is 13.7. The molecule has 20 heavy (non-hydrogen) atoms. The van der Waals surface area contributed by atoms with Crippen LogP contribution in [0.4, 0.5) is 4.39 Å². The molecule has 1 aromatic rings. The van der Waals surface area contributed by atoms with Crippen molar-refractivity contribution in [2.24, 2.45) is 0 Å². The van der Waals surface area contributed by atoms with Gasteiger partial charge in [-0.15, -0.1) is 0 Å². The number of halogens is 1. The Bertz CT molecular complexity index is 530. The molecule has 0 atom stereocenters. The van der Waals surface area contributed by atoms with Crippen LogP contribution in [0, 0.1) is 5.82 Å². The lowest BCUT2D eigenvalue weighted by atomic mass is 10.2. The van der Waals surface area contributed by atoms with Gasteiger partial charge in [0.1, 0.15) is 10.7 Å². The van der Waals surface area contributed by atoms with Gasteiger partial charge in [-0.1, -0.05) is 19.9 Å². The molecule has 114 valence electrons. The summed E-state index contributed by atoms with van der Waals surface area (Å²) in [5, 5.41) is 8.88. The Morgan fingerprint density at radius 2 is 1.95 bits per heavy atom. The molecule has 0 saturated heterocycles. The van der Waals surface area contributed by atoms with Crippen LogP contribution in [0.25, 0.3) is 0 Å². The smallest absolute Gasteiger partial charge is 0.243 e. The molecule has 0 aliphatic rings. The molecule has 0 saturated carbocycles. The minimum Gasteiger partial charge on any atom is -0.392 e. The van der Waals surface area contributed by atoms with E-state index in [0.717, 1.165) is 19.2 Å². The van der Waals surface area contributed by atoms with Crippen LogP contribution in [-0.2, 0) is 16.6 Å². The van der Waals surface area contributed by atoms with Crippen molar-refractivity contribution in [2.45, 2.75) is 25.3 Å². The lowest BCUT2D eigenvalue weighted by molar-refractivity contribution is 0.281. The molecule has 0 fully saturated rings. The number of rotatable bonds is 8. The van der Waals surface area contributed by atoms with Crippen LogP contribution in [0.3, 0.4) is 0 Å². The Hall–Kier alpha value is -1.02. The number of nitrogens with zero attached hydrogens (tertiary/aromatic N) is 1. The maximum Gasteiger partial charge on any atom is 0.243 e. The third kappa shape index (κ3) is 4.52. The average Bonchev–Trinajstić information content (AvgIpc) is 2.43. The highest BCUT2D eigenvalue weighted by Gasteiger charge is 2.18. The van der Waals surface area contributed by atoms with E-state index in [1.54, 1.807) is 0 Å². The first-order chi connectivity index (χ1) is 9.44. The summed E-state index contributed by atoms with van der Waals surface area (Å²) in [6.45, 7) is 6.12. The molecule has 0 heterocycles. The first-order valence-electron chi connectivity index (χ1n) is 6.55. The fourth-order valence-corrected chi connectivity index (χ4v) is 2.89. The molecule has 0 aromatic heterocycles. The fraction of sp³-hybridized carbons (Fsp3) is 0.538. The summed E-state index contributed by atoms with van der Waals surface area (Å²) in [6, 6.07) is 3.58. The summed E-state index contributed by atoms with van der Waals surface area (Å²) in [7, 11) is -3.86. The lowest BCUT2D eigenvalue weighted by Crippen LogP contribution is -2.35. The van der Waals surface area contributed by atoms with E-state index >= 15 is 0 Å². The van der Waals surface area contributed by atoms with Crippen molar-refractivity contribution >= 4 is 10.0 Å². The SMILES string of the molecule is CCN(CC)CCNS(=O)(=O)c1ccc(CO)cc1F. The molecule has 0 radical (unpaired) electrons. The highest BCUT2D eigenvalue weighted by Crippen LogP contribution is 2.15. The van der Waals surface area contributed by atoms with Crippen molar-refractivity contribution in [1.82, 2.24) is 9.62 Å². The Morgan fingerprint density at radius 3 is 2.45 bits per heavy atom. The van der Waals surface area contributed by atoms with Gasteiger partial charge in [-0.3, -0.25) is 0 Å². The van der Waals surface area contributed by atoms with Gasteiger partial charge >= 0.3 is 0 Å². The van der Waals surface area contributed by atoms with Crippen LogP contribution >= 0.6 is 0 Å². The van der Waals surface area contributed by atoms with Crippen molar-refractivity contribution in [3.63, 3.8) is 0 Å². The topological polar surface area (TPSA) is 69.6 Å². The van der Waals surface area contributed by atoms with E-state index in [4.69, 9.17) is 5.11 Å². The van der Waals surface area contributed by atoms with Crippen LogP contribution in [-0.4, -0.2) is 44.6 Å². The van der Waals surface area contributed by atoms with Gasteiger partial charge in [0.05, 0.1) is 6.61 Å². The second kappa shape index (κ2) is 7.68. The first kappa shape index (κ1) is 17.0. The van der Waals surface area contributed by atoms with Crippen molar-refractivity contribution in [1.29, 1.82) is 0 Å². The van der Waals surface area contributed by atoms with E-state index in [1.807, 2.05) is 13.8 Å². The molecule has 0 aliphatic heterocycles. The fourth-order valence-electron chi connectivity index (χ4n) is 1.82. The molecule has 5 nitrogen and oxygen atoms in total. The van der Waals surface area contributed by atoms with Gasteiger partial charge < -0.3 is 10.0 Å². The van der Waals surface area contributed by atoms with Gasteiger partial charge in [-0.25, -0.2) is 17.5 Å². The third-order valence-corrected chi connectivity index (χ3v) is 4.58. The van der Waals surface area contributed by atoms with Gasteiger partial charge in [-0.2, -0.15) is 0 Å². The van der Waals surface area contributed by atoms with E-state index in [2.05, 4.69) is 9.62 Å². The number of hydrogen-bond acceptors (Lipinski definition) is 4. The number of aliphatic hydroxyl groups excluding tert-OH is 1. The number of hydrogen-bond donors (Lipinski definition) is 2. The highest BCUT2D eigenvalue weighted by atomic mass is 32.2. The Balaban J connectivity index is 2.74. The van der Waals surface area contributed by atoms with E-state index in [1.165, 1.54) is 12.1 Å². The highest BCUT2D eigenvalue weighted by molar-refractivity contribution is 7.89. The lowest BCUT2D eigenvalue weighted by Gasteiger charge is -2.18. The Labute approximate surface area is 119 Å². The van der Waals surface area contributed by atoms with E-state index in [0.29, 0.717) is 12.1 Å². The molecule has 1 aromatic carbocycles. The monoisotopic (exact) mass is 304 g/mol. The number of aliphatic hydroxyl groups is 1. The summed E-state index contributed by atoms with van der Waals surface area (Å²) >= 11 is 0. The molecule has 0 aliphatic carbocycles. The van der Waals surface area contributed by atoms with Gasteiger partial charge in [-0.05, 0) is 30.8 Å². The zero-order valence-electron chi connectivity index (χ0n) is 11.8. The van der Waals surface area contributed by atoms with Crippen LogP contribution in [0.5, 0.6) is 0 Å². The third-order valence-electron chi connectivity index (χ3n) is 3.08. The number of benzene rings is 1. The van der Waals surface area contributed by atoms with Gasteiger partial charge in [0.2, 0.25) is 10.0 Å². The quantitative estimate of drug-likeness (QED) is 0.750. The zero-order valence-corrected chi connectivity index (χ0v) is 12.6. The van der Waals surface area contributed by atoms with E-state index in [9.17, 15) is 12.8 Å². The molecular formula is C13H21FN2O3S. The molecule has 2 N–H and O–H groups in total. The molecular weight excluding hydrogens is 283 g/mol. The predicted molar refractivity (Wildman–Crippen MR) is 75.3 cm³/mol.